The van der Waals surface area contributed by atoms with Crippen molar-refractivity contribution in [1.29, 1.82) is 0 Å². The van der Waals surface area contributed by atoms with Gasteiger partial charge in [0.1, 0.15) is 0 Å². The molecule has 0 aliphatic heterocycles. The Labute approximate surface area is 109 Å². The van der Waals surface area contributed by atoms with Gasteiger partial charge in [-0.05, 0) is 56.9 Å². The van der Waals surface area contributed by atoms with Crippen LogP contribution in [0.5, 0.6) is 0 Å². The molecule has 0 bridgehead atoms. The number of rotatable bonds is 5. The summed E-state index contributed by atoms with van der Waals surface area (Å²) in [5.74, 6) is 0. The lowest BCUT2D eigenvalue weighted by atomic mass is 9.93. The minimum Gasteiger partial charge on any atom is -0.379 e. The van der Waals surface area contributed by atoms with Crippen molar-refractivity contribution in [1.82, 2.24) is 0 Å². The second-order valence-electron chi connectivity index (χ2n) is 5.11. The van der Waals surface area contributed by atoms with Crippen LogP contribution >= 0.6 is 11.6 Å². The maximum atomic E-state index is 6.21. The third-order valence-electron chi connectivity index (χ3n) is 3.24. The molecule has 0 aliphatic rings. The van der Waals surface area contributed by atoms with E-state index in [9.17, 15) is 0 Å². The van der Waals surface area contributed by atoms with Crippen LogP contribution in [0.25, 0.3) is 0 Å². The molecule has 3 heteroatoms. The molecule has 1 rings (SSSR count). The van der Waals surface area contributed by atoms with Gasteiger partial charge >= 0.3 is 0 Å². The van der Waals surface area contributed by atoms with Gasteiger partial charge in [0.05, 0.1) is 5.60 Å². The Morgan fingerprint density at radius 1 is 1.41 bits per heavy atom. The molecule has 1 aromatic carbocycles. The summed E-state index contributed by atoms with van der Waals surface area (Å²) >= 11 is 5.93. The molecule has 0 aliphatic carbocycles. The van der Waals surface area contributed by atoms with E-state index in [1.165, 1.54) is 5.56 Å². The number of hydrogen-bond donors (Lipinski definition) is 1. The van der Waals surface area contributed by atoms with Gasteiger partial charge in [-0.15, -0.1) is 0 Å². The van der Waals surface area contributed by atoms with Crippen LogP contribution in [0.4, 0.5) is 0 Å². The van der Waals surface area contributed by atoms with E-state index in [0.717, 1.165) is 23.4 Å². The molecule has 0 aromatic heterocycles. The third kappa shape index (κ3) is 4.30. The van der Waals surface area contributed by atoms with Crippen LogP contribution in [0, 0.1) is 6.92 Å². The Kier molecular flexibility index (Phi) is 4.99. The van der Waals surface area contributed by atoms with E-state index < -0.39 is 0 Å². The number of methoxy groups -OCH3 is 1. The molecule has 0 saturated heterocycles. The summed E-state index contributed by atoms with van der Waals surface area (Å²) in [7, 11) is 1.74. The van der Waals surface area contributed by atoms with Gasteiger partial charge < -0.3 is 10.5 Å². The Morgan fingerprint density at radius 3 is 2.59 bits per heavy atom. The van der Waals surface area contributed by atoms with Crippen molar-refractivity contribution in [3.8, 4) is 0 Å². The lowest BCUT2D eigenvalue weighted by Crippen LogP contribution is -2.24. The van der Waals surface area contributed by atoms with Gasteiger partial charge in [0.15, 0.2) is 0 Å². The molecule has 0 fully saturated rings. The standard InChI is InChI=1S/C14H22ClNO/c1-10-9-11(15)5-6-12(10)13(16)7-8-14(2,3)17-4/h5-6,9,13H,7-8,16H2,1-4H3. The quantitative estimate of drug-likeness (QED) is 0.867. The summed E-state index contributed by atoms with van der Waals surface area (Å²) in [6.45, 7) is 6.20. The van der Waals surface area contributed by atoms with Gasteiger partial charge in [0.2, 0.25) is 0 Å². The first kappa shape index (κ1) is 14.5. The number of aryl methyl sites for hydroxylation is 1. The Morgan fingerprint density at radius 2 is 2.06 bits per heavy atom. The first-order valence-corrected chi connectivity index (χ1v) is 6.30. The van der Waals surface area contributed by atoms with Crippen molar-refractivity contribution >= 4 is 11.6 Å². The van der Waals surface area contributed by atoms with Gasteiger partial charge in [0, 0.05) is 18.2 Å². The smallest absolute Gasteiger partial charge is 0.0623 e. The van der Waals surface area contributed by atoms with Crippen molar-refractivity contribution in [3.63, 3.8) is 0 Å². The number of hydrogen-bond acceptors (Lipinski definition) is 2. The van der Waals surface area contributed by atoms with E-state index in [-0.39, 0.29) is 11.6 Å². The second kappa shape index (κ2) is 5.85. The SMILES string of the molecule is COC(C)(C)CCC(N)c1ccc(Cl)cc1C. The summed E-state index contributed by atoms with van der Waals surface area (Å²) in [4.78, 5) is 0. The van der Waals surface area contributed by atoms with E-state index >= 15 is 0 Å². The average molecular weight is 256 g/mol. The minimum absolute atomic E-state index is 0.0432. The maximum absolute atomic E-state index is 6.21. The van der Waals surface area contributed by atoms with Crippen LogP contribution in [0.15, 0.2) is 18.2 Å². The fourth-order valence-electron chi connectivity index (χ4n) is 1.82. The zero-order chi connectivity index (χ0) is 13.1. The molecule has 0 amide bonds. The molecule has 0 spiro atoms. The van der Waals surface area contributed by atoms with Gasteiger partial charge in [-0.1, -0.05) is 17.7 Å². The monoisotopic (exact) mass is 255 g/mol. The lowest BCUT2D eigenvalue weighted by molar-refractivity contribution is 0.0125. The van der Waals surface area contributed by atoms with Crippen molar-refractivity contribution < 1.29 is 4.74 Å². The molecule has 0 radical (unpaired) electrons. The number of halogens is 1. The van der Waals surface area contributed by atoms with Crippen molar-refractivity contribution in [3.05, 3.63) is 34.3 Å². The molecule has 2 N–H and O–H groups in total. The Bertz CT molecular complexity index is 376. The van der Waals surface area contributed by atoms with Crippen molar-refractivity contribution in [2.45, 2.75) is 45.3 Å². The predicted octanol–water partition coefficient (Wildman–Crippen LogP) is 3.85. The van der Waals surface area contributed by atoms with Crippen LogP contribution in [-0.4, -0.2) is 12.7 Å². The summed E-state index contributed by atoms with van der Waals surface area (Å²) in [5, 5.41) is 0.760. The minimum atomic E-state index is -0.113. The molecule has 1 unspecified atom stereocenters. The van der Waals surface area contributed by atoms with E-state index in [1.807, 2.05) is 25.1 Å². The molecule has 0 heterocycles. The third-order valence-corrected chi connectivity index (χ3v) is 3.48. The van der Waals surface area contributed by atoms with Crippen LogP contribution in [0.2, 0.25) is 5.02 Å². The molecular formula is C14H22ClNO. The van der Waals surface area contributed by atoms with Gasteiger partial charge in [-0.25, -0.2) is 0 Å². The zero-order valence-corrected chi connectivity index (χ0v) is 11.8. The lowest BCUT2D eigenvalue weighted by Gasteiger charge is -2.25. The highest BCUT2D eigenvalue weighted by Crippen LogP contribution is 2.26. The van der Waals surface area contributed by atoms with Gasteiger partial charge in [-0.2, -0.15) is 0 Å². The van der Waals surface area contributed by atoms with Crippen LogP contribution in [0.3, 0.4) is 0 Å². The highest BCUT2D eigenvalue weighted by molar-refractivity contribution is 6.30. The van der Waals surface area contributed by atoms with Gasteiger partial charge in [0.25, 0.3) is 0 Å². The summed E-state index contributed by atoms with van der Waals surface area (Å²) in [5.41, 5.74) is 8.42. The highest BCUT2D eigenvalue weighted by atomic mass is 35.5. The Balaban J connectivity index is 2.67. The summed E-state index contributed by atoms with van der Waals surface area (Å²) < 4.78 is 5.40. The van der Waals surface area contributed by atoms with E-state index in [4.69, 9.17) is 22.1 Å². The normalized spacial score (nSPS) is 13.8. The summed E-state index contributed by atoms with van der Waals surface area (Å²) in [6, 6.07) is 5.91. The molecular weight excluding hydrogens is 234 g/mol. The van der Waals surface area contributed by atoms with Crippen LogP contribution in [-0.2, 0) is 4.74 Å². The molecule has 17 heavy (non-hydrogen) atoms. The highest BCUT2D eigenvalue weighted by Gasteiger charge is 2.19. The number of benzene rings is 1. The van der Waals surface area contributed by atoms with Crippen LogP contribution in [0.1, 0.15) is 43.9 Å². The van der Waals surface area contributed by atoms with Crippen LogP contribution < -0.4 is 5.73 Å². The molecule has 0 saturated carbocycles. The summed E-state index contributed by atoms with van der Waals surface area (Å²) in [6.07, 6.45) is 1.84. The predicted molar refractivity (Wildman–Crippen MR) is 73.4 cm³/mol. The Hall–Kier alpha value is -0.570. The molecule has 1 aromatic rings. The largest absolute Gasteiger partial charge is 0.379 e. The molecule has 2 nitrogen and oxygen atoms in total. The number of ether oxygens (including phenoxy) is 1. The number of nitrogens with two attached hydrogens (primary N) is 1. The maximum Gasteiger partial charge on any atom is 0.0623 e. The first-order chi connectivity index (χ1) is 7.85. The average Bonchev–Trinajstić information content (AvgIpc) is 2.26. The van der Waals surface area contributed by atoms with Crippen molar-refractivity contribution in [2.75, 3.05) is 7.11 Å². The fourth-order valence-corrected chi connectivity index (χ4v) is 2.04. The molecule has 1 atom stereocenters. The zero-order valence-electron chi connectivity index (χ0n) is 11.1. The first-order valence-electron chi connectivity index (χ1n) is 5.92. The van der Waals surface area contributed by atoms with E-state index in [1.54, 1.807) is 7.11 Å². The molecule has 96 valence electrons. The van der Waals surface area contributed by atoms with Gasteiger partial charge in [-0.3, -0.25) is 0 Å². The van der Waals surface area contributed by atoms with Crippen molar-refractivity contribution in [2.24, 2.45) is 5.73 Å². The second-order valence-corrected chi connectivity index (χ2v) is 5.55. The van der Waals surface area contributed by atoms with E-state index in [2.05, 4.69) is 13.8 Å². The fraction of sp³-hybridized carbons (Fsp3) is 0.571. The van der Waals surface area contributed by atoms with E-state index in [0.29, 0.717) is 0 Å². The topological polar surface area (TPSA) is 35.2 Å².